The summed E-state index contributed by atoms with van der Waals surface area (Å²) in [6.45, 7) is 1.21. The van der Waals surface area contributed by atoms with Crippen molar-refractivity contribution in [2.75, 3.05) is 7.11 Å². The number of carbonyl (C=O) groups excluding carboxylic acids is 1. The Morgan fingerprint density at radius 1 is 1.53 bits per heavy atom. The standard InChI is InChI=1S/C9H9NO5/c1-5(11)6-3-4-7(15-2)8(9(6)12)10(13)14/h3-4,12H,1-2H3. The van der Waals surface area contributed by atoms with Crippen LogP contribution in [0.2, 0.25) is 0 Å². The third-order valence-corrected chi connectivity index (χ3v) is 1.90. The number of nitro benzene ring substituents is 1. The van der Waals surface area contributed by atoms with Crippen molar-refractivity contribution in [3.63, 3.8) is 0 Å². The summed E-state index contributed by atoms with van der Waals surface area (Å²) in [5.41, 5.74) is -0.687. The van der Waals surface area contributed by atoms with Gasteiger partial charge in [0.2, 0.25) is 11.5 Å². The van der Waals surface area contributed by atoms with Crippen LogP contribution in [0.5, 0.6) is 11.5 Å². The van der Waals surface area contributed by atoms with Crippen molar-refractivity contribution < 1.29 is 19.6 Å². The van der Waals surface area contributed by atoms with E-state index in [1.165, 1.54) is 26.2 Å². The van der Waals surface area contributed by atoms with E-state index in [1.54, 1.807) is 0 Å². The lowest BCUT2D eigenvalue weighted by Gasteiger charge is -2.05. The lowest BCUT2D eigenvalue weighted by atomic mass is 10.1. The first-order valence-electron chi connectivity index (χ1n) is 4.04. The van der Waals surface area contributed by atoms with E-state index in [0.29, 0.717) is 0 Å². The summed E-state index contributed by atoms with van der Waals surface area (Å²) in [7, 11) is 1.25. The molecular weight excluding hydrogens is 202 g/mol. The Hall–Kier alpha value is -2.11. The van der Waals surface area contributed by atoms with Gasteiger partial charge < -0.3 is 9.84 Å². The Morgan fingerprint density at radius 3 is 2.53 bits per heavy atom. The van der Waals surface area contributed by atoms with Crippen LogP contribution in [0.4, 0.5) is 5.69 Å². The fraction of sp³-hybridized carbons (Fsp3) is 0.222. The van der Waals surface area contributed by atoms with Crippen LogP contribution in [0.15, 0.2) is 12.1 Å². The molecule has 0 radical (unpaired) electrons. The second kappa shape index (κ2) is 3.95. The topological polar surface area (TPSA) is 89.7 Å². The minimum absolute atomic E-state index is 0.0810. The molecule has 80 valence electrons. The van der Waals surface area contributed by atoms with Gasteiger partial charge >= 0.3 is 5.69 Å². The van der Waals surface area contributed by atoms with Crippen molar-refractivity contribution >= 4 is 11.5 Å². The van der Waals surface area contributed by atoms with Gasteiger partial charge in [-0.25, -0.2) is 0 Å². The molecule has 6 heteroatoms. The Bertz CT molecular complexity index is 427. The summed E-state index contributed by atoms with van der Waals surface area (Å²) >= 11 is 0. The maximum Gasteiger partial charge on any atom is 0.352 e. The first-order valence-corrected chi connectivity index (χ1v) is 4.04. The number of ether oxygens (including phenoxy) is 1. The molecule has 0 fully saturated rings. The number of benzene rings is 1. The van der Waals surface area contributed by atoms with Gasteiger partial charge in [-0.1, -0.05) is 0 Å². The molecule has 0 aliphatic heterocycles. The van der Waals surface area contributed by atoms with E-state index in [4.69, 9.17) is 4.74 Å². The number of carbonyl (C=O) groups is 1. The lowest BCUT2D eigenvalue weighted by molar-refractivity contribution is -0.386. The van der Waals surface area contributed by atoms with Crippen LogP contribution in [-0.2, 0) is 0 Å². The first kappa shape index (κ1) is 11.0. The zero-order valence-electron chi connectivity index (χ0n) is 8.18. The quantitative estimate of drug-likeness (QED) is 0.465. The highest BCUT2D eigenvalue weighted by atomic mass is 16.6. The SMILES string of the molecule is COc1ccc(C(C)=O)c(O)c1[N+](=O)[O-]. The van der Waals surface area contributed by atoms with Crippen LogP contribution < -0.4 is 4.74 Å². The van der Waals surface area contributed by atoms with E-state index in [1.807, 2.05) is 0 Å². The number of phenols is 1. The highest BCUT2D eigenvalue weighted by Crippen LogP contribution is 2.38. The number of nitrogens with zero attached hydrogens (tertiary/aromatic N) is 1. The predicted octanol–water partition coefficient (Wildman–Crippen LogP) is 1.51. The molecular formula is C9H9NO5. The van der Waals surface area contributed by atoms with Crippen LogP contribution >= 0.6 is 0 Å². The largest absolute Gasteiger partial charge is 0.501 e. The molecule has 0 bridgehead atoms. The van der Waals surface area contributed by atoms with Gasteiger partial charge in [0.25, 0.3) is 0 Å². The molecule has 0 atom stereocenters. The fourth-order valence-electron chi connectivity index (χ4n) is 1.19. The second-order valence-corrected chi connectivity index (χ2v) is 2.83. The molecule has 0 saturated heterocycles. The molecule has 0 aromatic heterocycles. The van der Waals surface area contributed by atoms with Crippen molar-refractivity contribution in [1.29, 1.82) is 0 Å². The van der Waals surface area contributed by atoms with Crippen LogP contribution in [0.25, 0.3) is 0 Å². The van der Waals surface area contributed by atoms with Gasteiger partial charge in [-0.15, -0.1) is 0 Å². The number of aromatic hydroxyl groups is 1. The van der Waals surface area contributed by atoms with Crippen LogP contribution in [0.3, 0.4) is 0 Å². The first-order chi connectivity index (χ1) is 6.99. The molecule has 0 aliphatic carbocycles. The van der Waals surface area contributed by atoms with Crippen molar-refractivity contribution in [2.45, 2.75) is 6.92 Å². The monoisotopic (exact) mass is 211 g/mol. The van der Waals surface area contributed by atoms with Crippen molar-refractivity contribution in [3.05, 3.63) is 27.8 Å². The average molecular weight is 211 g/mol. The Kier molecular flexibility index (Phi) is 2.89. The number of hydrogen-bond donors (Lipinski definition) is 1. The van der Waals surface area contributed by atoms with Gasteiger partial charge in [0.1, 0.15) is 0 Å². The van der Waals surface area contributed by atoms with Gasteiger partial charge in [-0.05, 0) is 19.1 Å². The number of Topliss-reactive ketones (excluding diaryl/α,β-unsaturated/α-hetero) is 1. The van der Waals surface area contributed by atoms with E-state index in [-0.39, 0.29) is 11.3 Å². The summed E-state index contributed by atoms with van der Waals surface area (Å²) in [4.78, 5) is 20.9. The molecule has 0 amide bonds. The lowest BCUT2D eigenvalue weighted by Crippen LogP contribution is -1.99. The van der Waals surface area contributed by atoms with Crippen molar-refractivity contribution in [1.82, 2.24) is 0 Å². The zero-order chi connectivity index (χ0) is 11.6. The highest BCUT2D eigenvalue weighted by molar-refractivity contribution is 5.98. The summed E-state index contributed by atoms with van der Waals surface area (Å²) in [6.07, 6.45) is 0. The smallest absolute Gasteiger partial charge is 0.352 e. The van der Waals surface area contributed by atoms with E-state index in [2.05, 4.69) is 0 Å². The molecule has 1 aromatic rings. The fourth-order valence-corrected chi connectivity index (χ4v) is 1.19. The average Bonchev–Trinajstić information content (AvgIpc) is 2.15. The third-order valence-electron chi connectivity index (χ3n) is 1.90. The van der Waals surface area contributed by atoms with E-state index >= 15 is 0 Å². The van der Waals surface area contributed by atoms with Crippen molar-refractivity contribution in [3.8, 4) is 11.5 Å². The summed E-state index contributed by atoms with van der Waals surface area (Å²) in [5, 5.41) is 20.1. The minimum Gasteiger partial charge on any atom is -0.501 e. The molecule has 0 saturated carbocycles. The molecule has 1 aromatic carbocycles. The summed E-state index contributed by atoms with van der Waals surface area (Å²) in [5.74, 6) is -1.19. The van der Waals surface area contributed by atoms with Crippen molar-refractivity contribution in [2.24, 2.45) is 0 Å². The Morgan fingerprint density at radius 2 is 2.13 bits per heavy atom. The molecule has 0 unspecified atom stereocenters. The number of methoxy groups -OCH3 is 1. The number of rotatable bonds is 3. The normalized spacial score (nSPS) is 9.73. The van der Waals surface area contributed by atoms with Crippen LogP contribution in [-0.4, -0.2) is 22.9 Å². The number of nitro groups is 1. The minimum atomic E-state index is -0.791. The zero-order valence-corrected chi connectivity index (χ0v) is 8.18. The molecule has 1 rings (SSSR count). The van der Waals surface area contributed by atoms with Crippen LogP contribution in [0, 0.1) is 10.1 Å². The van der Waals surface area contributed by atoms with Gasteiger partial charge in [0.15, 0.2) is 5.78 Å². The van der Waals surface area contributed by atoms with Gasteiger partial charge in [0, 0.05) is 0 Å². The molecule has 1 N–H and O–H groups in total. The molecule has 15 heavy (non-hydrogen) atoms. The molecule has 0 heterocycles. The predicted molar refractivity (Wildman–Crippen MR) is 51.3 cm³/mol. The molecule has 0 spiro atoms. The van der Waals surface area contributed by atoms with E-state index < -0.39 is 22.1 Å². The maximum absolute atomic E-state index is 11.0. The maximum atomic E-state index is 11.0. The van der Waals surface area contributed by atoms with E-state index in [0.717, 1.165) is 0 Å². The Labute approximate surface area is 85.2 Å². The van der Waals surface area contributed by atoms with Gasteiger partial charge in [-0.2, -0.15) is 0 Å². The molecule has 0 aliphatic rings. The summed E-state index contributed by atoms with van der Waals surface area (Å²) < 4.78 is 4.71. The second-order valence-electron chi connectivity index (χ2n) is 2.83. The number of ketones is 1. The van der Waals surface area contributed by atoms with Gasteiger partial charge in [0.05, 0.1) is 17.6 Å². The van der Waals surface area contributed by atoms with E-state index in [9.17, 15) is 20.0 Å². The van der Waals surface area contributed by atoms with Gasteiger partial charge in [-0.3, -0.25) is 14.9 Å². The molecule has 6 nitrogen and oxygen atoms in total. The Balaban J connectivity index is 3.49. The number of phenolic OH excluding ortho intramolecular Hbond substituents is 1. The third kappa shape index (κ3) is 1.88. The van der Waals surface area contributed by atoms with Crippen LogP contribution in [0.1, 0.15) is 17.3 Å². The number of hydrogen-bond acceptors (Lipinski definition) is 5. The summed E-state index contributed by atoms with van der Waals surface area (Å²) in [6, 6.07) is 2.55. The highest BCUT2D eigenvalue weighted by Gasteiger charge is 2.25.